The molecule has 1 rings (SSSR count). The normalized spacial score (nSPS) is 19.7. The number of aliphatic hydroxyl groups excluding tert-OH is 6. The monoisotopic (exact) mass is 1050 g/mol. The van der Waals surface area contributed by atoms with Gasteiger partial charge in [0.05, 0.1) is 25.4 Å². The summed E-state index contributed by atoms with van der Waals surface area (Å²) in [5.41, 5.74) is 0. The molecule has 1 fully saturated rings. The Morgan fingerprint density at radius 1 is 0.459 bits per heavy atom. The molecule has 0 aromatic carbocycles. The van der Waals surface area contributed by atoms with Crippen LogP contribution in [0.1, 0.15) is 290 Å². The van der Waals surface area contributed by atoms with Crippen LogP contribution in [0, 0.1) is 0 Å². The van der Waals surface area contributed by atoms with E-state index >= 15 is 0 Å². The predicted octanol–water partition coefficient (Wildman–Crippen LogP) is 15.0. The zero-order valence-electron chi connectivity index (χ0n) is 48.0. The number of hydrogen-bond acceptors (Lipinski definition) is 9. The van der Waals surface area contributed by atoms with Gasteiger partial charge >= 0.3 is 0 Å². The maximum atomic E-state index is 13.1. The van der Waals surface area contributed by atoms with Gasteiger partial charge in [-0.1, -0.05) is 274 Å². The fraction of sp³-hybridized carbons (Fsp3) is 0.859. The smallest absolute Gasteiger partial charge is 0.249 e. The highest BCUT2D eigenvalue weighted by molar-refractivity contribution is 5.80. The van der Waals surface area contributed by atoms with Gasteiger partial charge < -0.3 is 45.4 Å². The van der Waals surface area contributed by atoms with Crippen LogP contribution in [0.3, 0.4) is 0 Å². The molecule has 434 valence electrons. The van der Waals surface area contributed by atoms with E-state index in [-0.39, 0.29) is 6.61 Å². The van der Waals surface area contributed by atoms with Gasteiger partial charge in [0.1, 0.15) is 30.5 Å². The lowest BCUT2D eigenvalue weighted by Crippen LogP contribution is -2.60. The highest BCUT2D eigenvalue weighted by Gasteiger charge is 2.44. The van der Waals surface area contributed by atoms with Crippen molar-refractivity contribution in [1.29, 1.82) is 0 Å². The fourth-order valence-corrected chi connectivity index (χ4v) is 9.91. The molecule has 74 heavy (non-hydrogen) atoms. The van der Waals surface area contributed by atoms with E-state index in [1.165, 1.54) is 205 Å². The van der Waals surface area contributed by atoms with E-state index in [0.29, 0.717) is 19.3 Å². The third-order valence-electron chi connectivity index (χ3n) is 14.9. The Labute approximate surface area is 455 Å². The van der Waals surface area contributed by atoms with E-state index in [0.717, 1.165) is 51.4 Å². The molecule has 1 heterocycles. The third kappa shape index (κ3) is 41.2. The molecule has 0 bridgehead atoms. The van der Waals surface area contributed by atoms with Crippen molar-refractivity contribution in [2.75, 3.05) is 13.2 Å². The molecule has 0 radical (unpaired) electrons. The van der Waals surface area contributed by atoms with Crippen molar-refractivity contribution < 1.29 is 44.9 Å². The number of aliphatic hydroxyl groups is 6. The first-order valence-corrected chi connectivity index (χ1v) is 31.5. The van der Waals surface area contributed by atoms with Crippen LogP contribution in [-0.2, 0) is 14.3 Å². The van der Waals surface area contributed by atoms with Crippen molar-refractivity contribution in [3.8, 4) is 0 Å². The lowest BCUT2D eigenvalue weighted by molar-refractivity contribution is -0.302. The molecule has 0 saturated carbocycles. The predicted molar refractivity (Wildman–Crippen MR) is 310 cm³/mol. The summed E-state index contributed by atoms with van der Waals surface area (Å²) < 4.78 is 11.1. The molecule has 0 spiro atoms. The number of ether oxygens (including phenoxy) is 2. The molecular weight excluding hydrogens is 927 g/mol. The van der Waals surface area contributed by atoms with Gasteiger partial charge in [0.2, 0.25) is 5.91 Å². The standard InChI is InChI=1S/C64H119NO9/c1-3-5-7-9-11-13-15-16-17-18-19-20-21-22-23-24-25-26-27-28-29-30-31-32-33-34-35-36-37-38-39-40-41-43-45-47-49-51-53-58(68)63(72)65-56(55-73-64-62(71)61(70)60(69)59(54-66)74-64)57(67)52-50-48-46-44-42-14-12-10-8-6-4-2/h8,10,28-29,42,44,50,52,56-62,64,66-71H,3-7,9,11-27,30-41,43,45-49,51,53-55H2,1-2H3,(H,65,72)/b10-8+,29-28-,44-42+,52-50+. The molecule has 1 saturated heterocycles. The first kappa shape index (κ1) is 70.1. The Morgan fingerprint density at radius 3 is 1.23 bits per heavy atom. The maximum Gasteiger partial charge on any atom is 0.249 e. The molecule has 10 heteroatoms. The lowest BCUT2D eigenvalue weighted by atomic mass is 9.99. The van der Waals surface area contributed by atoms with Gasteiger partial charge in [-0.2, -0.15) is 0 Å². The second-order valence-electron chi connectivity index (χ2n) is 22.0. The highest BCUT2D eigenvalue weighted by Crippen LogP contribution is 2.23. The minimum absolute atomic E-state index is 0.301. The van der Waals surface area contributed by atoms with Crippen LogP contribution in [0.2, 0.25) is 0 Å². The molecule has 7 N–H and O–H groups in total. The van der Waals surface area contributed by atoms with E-state index in [9.17, 15) is 35.4 Å². The largest absolute Gasteiger partial charge is 0.394 e. The van der Waals surface area contributed by atoms with Gasteiger partial charge in [-0.25, -0.2) is 0 Å². The number of allylic oxidation sites excluding steroid dienone is 7. The van der Waals surface area contributed by atoms with E-state index in [1.54, 1.807) is 6.08 Å². The second kappa shape index (κ2) is 53.1. The Balaban J connectivity index is 2.06. The summed E-state index contributed by atoms with van der Waals surface area (Å²) in [6.07, 6.45) is 61.4. The summed E-state index contributed by atoms with van der Waals surface area (Å²) in [6.45, 7) is 3.53. The van der Waals surface area contributed by atoms with E-state index < -0.39 is 61.5 Å². The number of nitrogens with one attached hydrogen (secondary N) is 1. The van der Waals surface area contributed by atoms with Crippen LogP contribution in [0.25, 0.3) is 0 Å². The third-order valence-corrected chi connectivity index (χ3v) is 14.9. The van der Waals surface area contributed by atoms with Crippen molar-refractivity contribution in [2.45, 2.75) is 339 Å². The van der Waals surface area contributed by atoms with Crippen LogP contribution in [0.4, 0.5) is 0 Å². The lowest BCUT2D eigenvalue weighted by Gasteiger charge is -2.40. The Bertz CT molecular complexity index is 1320. The van der Waals surface area contributed by atoms with Gasteiger partial charge in [-0.15, -0.1) is 0 Å². The molecular formula is C64H119NO9. The molecule has 8 unspecified atom stereocenters. The number of rotatable bonds is 54. The number of amides is 1. The summed E-state index contributed by atoms with van der Waals surface area (Å²) in [5.74, 6) is -0.630. The number of carbonyl (C=O) groups is 1. The quantitative estimate of drug-likeness (QED) is 0.0232. The van der Waals surface area contributed by atoms with Crippen LogP contribution in [0.5, 0.6) is 0 Å². The first-order valence-electron chi connectivity index (χ1n) is 31.5. The molecule has 1 aliphatic rings. The summed E-state index contributed by atoms with van der Waals surface area (Å²) in [6, 6.07) is -1.00. The van der Waals surface area contributed by atoms with E-state index in [4.69, 9.17) is 9.47 Å². The summed E-state index contributed by atoms with van der Waals surface area (Å²) >= 11 is 0. The minimum Gasteiger partial charge on any atom is -0.394 e. The fourth-order valence-electron chi connectivity index (χ4n) is 9.91. The summed E-state index contributed by atoms with van der Waals surface area (Å²) in [7, 11) is 0. The Morgan fingerprint density at radius 2 is 0.824 bits per heavy atom. The molecule has 10 nitrogen and oxygen atoms in total. The van der Waals surface area contributed by atoms with E-state index in [1.807, 2.05) is 6.08 Å². The summed E-state index contributed by atoms with van der Waals surface area (Å²) in [4.78, 5) is 13.1. The zero-order chi connectivity index (χ0) is 53.8. The summed E-state index contributed by atoms with van der Waals surface area (Å²) in [5, 5.41) is 64.8. The van der Waals surface area contributed by atoms with Crippen LogP contribution < -0.4 is 5.32 Å². The topological polar surface area (TPSA) is 169 Å². The average molecular weight is 1050 g/mol. The van der Waals surface area contributed by atoms with Gasteiger partial charge in [0.25, 0.3) is 0 Å². The molecule has 0 aliphatic carbocycles. The molecule has 1 amide bonds. The SMILES string of the molecule is CCC/C=C/CC/C=C/CC/C=C/C(O)C(COC1OC(CO)C(O)C(O)C1O)NC(=O)C(O)CCCCCCCCCCCCCCCCCC/C=C\CCCCCCCCCCCCCCCCCCCC. The molecule has 1 aliphatic heterocycles. The highest BCUT2D eigenvalue weighted by atomic mass is 16.7. The molecule has 8 atom stereocenters. The van der Waals surface area contributed by atoms with Crippen molar-refractivity contribution in [3.05, 3.63) is 48.6 Å². The van der Waals surface area contributed by atoms with Gasteiger partial charge in [0.15, 0.2) is 6.29 Å². The number of unbranched alkanes of at least 4 members (excludes halogenated alkanes) is 37. The Hall–Kier alpha value is -1.89. The Kier molecular flexibility index (Phi) is 50.3. The van der Waals surface area contributed by atoms with Crippen molar-refractivity contribution >= 4 is 5.91 Å². The first-order chi connectivity index (χ1) is 36.3. The number of hydrogen-bond donors (Lipinski definition) is 7. The van der Waals surface area contributed by atoms with Crippen molar-refractivity contribution in [2.24, 2.45) is 0 Å². The van der Waals surface area contributed by atoms with Crippen molar-refractivity contribution in [1.82, 2.24) is 5.32 Å². The van der Waals surface area contributed by atoms with Crippen molar-refractivity contribution in [3.63, 3.8) is 0 Å². The molecule has 0 aromatic rings. The molecule has 0 aromatic heterocycles. The zero-order valence-corrected chi connectivity index (χ0v) is 48.0. The van der Waals surface area contributed by atoms with Crippen LogP contribution in [-0.4, -0.2) is 98.7 Å². The minimum atomic E-state index is -1.62. The number of carbonyl (C=O) groups excluding carboxylic acids is 1. The van der Waals surface area contributed by atoms with Gasteiger partial charge in [-0.05, 0) is 64.2 Å². The van der Waals surface area contributed by atoms with Crippen LogP contribution in [0.15, 0.2) is 48.6 Å². The van der Waals surface area contributed by atoms with Gasteiger partial charge in [-0.3, -0.25) is 4.79 Å². The van der Waals surface area contributed by atoms with Gasteiger partial charge in [0, 0.05) is 0 Å². The van der Waals surface area contributed by atoms with E-state index in [2.05, 4.69) is 55.6 Å². The average Bonchev–Trinajstić information content (AvgIpc) is 3.40. The maximum absolute atomic E-state index is 13.1. The second-order valence-corrected chi connectivity index (χ2v) is 22.0. The van der Waals surface area contributed by atoms with Crippen LogP contribution >= 0.6 is 0 Å².